The first-order chi connectivity index (χ1) is 7.94. The zero-order valence-corrected chi connectivity index (χ0v) is 10.6. The average Bonchev–Trinajstić information content (AvgIpc) is 2.30. The fourth-order valence-corrected chi connectivity index (χ4v) is 1.90. The average molecular weight is 242 g/mol. The minimum Gasteiger partial charge on any atom is -0.394 e. The molecule has 0 aromatic carbocycles. The molecule has 0 spiro atoms. The lowest BCUT2D eigenvalue weighted by atomic mass is 9.95. The van der Waals surface area contributed by atoms with Crippen molar-refractivity contribution in [3.63, 3.8) is 0 Å². The maximum atomic E-state index is 11.6. The van der Waals surface area contributed by atoms with Crippen molar-refractivity contribution in [3.05, 3.63) is 0 Å². The molecular weight excluding hydrogens is 220 g/mol. The van der Waals surface area contributed by atoms with Crippen molar-refractivity contribution in [1.82, 2.24) is 10.6 Å². The van der Waals surface area contributed by atoms with Gasteiger partial charge in [0.25, 0.3) is 0 Å². The van der Waals surface area contributed by atoms with Crippen molar-refractivity contribution < 1.29 is 14.7 Å². The first-order valence-electron chi connectivity index (χ1n) is 6.18. The summed E-state index contributed by atoms with van der Waals surface area (Å²) < 4.78 is 0. The van der Waals surface area contributed by atoms with E-state index in [0.717, 1.165) is 25.7 Å². The predicted octanol–water partition coefficient (Wildman–Crippen LogP) is 0.322. The highest BCUT2D eigenvalue weighted by Crippen LogP contribution is 2.17. The Hall–Kier alpha value is -1.10. The van der Waals surface area contributed by atoms with Crippen molar-refractivity contribution in [3.8, 4) is 0 Å². The second-order valence-electron chi connectivity index (χ2n) is 5.30. The molecule has 0 radical (unpaired) electrons. The maximum Gasteiger partial charge on any atom is 0.309 e. The molecule has 1 saturated carbocycles. The van der Waals surface area contributed by atoms with Crippen LogP contribution in [-0.4, -0.2) is 35.1 Å². The Labute approximate surface area is 102 Å². The van der Waals surface area contributed by atoms with Gasteiger partial charge in [0, 0.05) is 6.04 Å². The Morgan fingerprint density at radius 3 is 2.29 bits per heavy atom. The summed E-state index contributed by atoms with van der Waals surface area (Å²) in [5, 5.41) is 14.2. The van der Waals surface area contributed by atoms with Crippen molar-refractivity contribution >= 4 is 11.8 Å². The molecule has 2 amide bonds. The van der Waals surface area contributed by atoms with Gasteiger partial charge >= 0.3 is 11.8 Å². The molecule has 0 atom stereocenters. The Kier molecular flexibility index (Phi) is 4.93. The molecule has 0 bridgehead atoms. The van der Waals surface area contributed by atoms with Crippen LogP contribution in [0.15, 0.2) is 0 Å². The van der Waals surface area contributed by atoms with Crippen LogP contribution in [0.2, 0.25) is 0 Å². The second kappa shape index (κ2) is 6.00. The quantitative estimate of drug-likeness (QED) is 0.624. The van der Waals surface area contributed by atoms with Crippen LogP contribution in [0.25, 0.3) is 0 Å². The number of rotatable bonds is 3. The van der Waals surface area contributed by atoms with E-state index < -0.39 is 17.4 Å². The summed E-state index contributed by atoms with van der Waals surface area (Å²) in [6, 6.07) is 0.124. The third-order valence-electron chi connectivity index (χ3n) is 2.99. The predicted molar refractivity (Wildman–Crippen MR) is 64.3 cm³/mol. The van der Waals surface area contributed by atoms with Crippen molar-refractivity contribution in [2.45, 2.75) is 57.5 Å². The summed E-state index contributed by atoms with van der Waals surface area (Å²) in [6.07, 6.45) is 5.31. The topological polar surface area (TPSA) is 78.4 Å². The molecule has 98 valence electrons. The zero-order valence-electron chi connectivity index (χ0n) is 10.6. The largest absolute Gasteiger partial charge is 0.394 e. The van der Waals surface area contributed by atoms with E-state index in [2.05, 4.69) is 10.6 Å². The van der Waals surface area contributed by atoms with E-state index in [9.17, 15) is 9.59 Å². The molecule has 0 aromatic heterocycles. The first kappa shape index (κ1) is 14.0. The van der Waals surface area contributed by atoms with Crippen LogP contribution in [0.4, 0.5) is 0 Å². The summed E-state index contributed by atoms with van der Waals surface area (Å²) in [5.41, 5.74) is -0.763. The summed E-state index contributed by atoms with van der Waals surface area (Å²) in [6.45, 7) is 3.13. The van der Waals surface area contributed by atoms with Gasteiger partial charge < -0.3 is 15.7 Å². The molecule has 1 rings (SSSR count). The van der Waals surface area contributed by atoms with E-state index in [-0.39, 0.29) is 12.6 Å². The number of hydrogen-bond donors (Lipinski definition) is 3. The smallest absolute Gasteiger partial charge is 0.309 e. The maximum absolute atomic E-state index is 11.6. The van der Waals surface area contributed by atoms with E-state index in [1.54, 1.807) is 13.8 Å². The fourth-order valence-electron chi connectivity index (χ4n) is 1.90. The van der Waals surface area contributed by atoms with Gasteiger partial charge in [-0.2, -0.15) is 0 Å². The van der Waals surface area contributed by atoms with Gasteiger partial charge in [-0.3, -0.25) is 9.59 Å². The highest BCUT2D eigenvalue weighted by molar-refractivity contribution is 6.35. The third-order valence-corrected chi connectivity index (χ3v) is 2.99. The molecule has 0 aliphatic heterocycles. The number of aliphatic hydroxyl groups excluding tert-OH is 1. The molecule has 0 aromatic rings. The third kappa shape index (κ3) is 4.73. The monoisotopic (exact) mass is 242 g/mol. The zero-order chi connectivity index (χ0) is 12.9. The van der Waals surface area contributed by atoms with E-state index >= 15 is 0 Å². The van der Waals surface area contributed by atoms with E-state index in [1.165, 1.54) is 6.42 Å². The molecule has 3 N–H and O–H groups in total. The minimum absolute atomic E-state index is 0.124. The van der Waals surface area contributed by atoms with Gasteiger partial charge in [-0.05, 0) is 26.7 Å². The van der Waals surface area contributed by atoms with Crippen LogP contribution in [0.3, 0.4) is 0 Å². The van der Waals surface area contributed by atoms with Crippen LogP contribution in [-0.2, 0) is 9.59 Å². The standard InChI is InChI=1S/C12H22N2O3/c1-12(2,8-15)14-11(17)10(16)13-9-6-4-3-5-7-9/h9,15H,3-8H2,1-2H3,(H,13,16)(H,14,17). The van der Waals surface area contributed by atoms with Crippen LogP contribution in [0.5, 0.6) is 0 Å². The summed E-state index contributed by atoms with van der Waals surface area (Å²) in [4.78, 5) is 23.2. The number of amides is 2. The second-order valence-corrected chi connectivity index (χ2v) is 5.30. The number of aliphatic hydroxyl groups is 1. The van der Waals surface area contributed by atoms with Crippen molar-refractivity contribution in [2.24, 2.45) is 0 Å². The van der Waals surface area contributed by atoms with Gasteiger partial charge in [0.1, 0.15) is 0 Å². The van der Waals surface area contributed by atoms with Gasteiger partial charge in [0.2, 0.25) is 0 Å². The van der Waals surface area contributed by atoms with Crippen molar-refractivity contribution in [2.75, 3.05) is 6.61 Å². The summed E-state index contributed by atoms with van der Waals surface area (Å²) in [7, 11) is 0. The molecule has 0 saturated heterocycles. The Balaban J connectivity index is 2.38. The van der Waals surface area contributed by atoms with E-state index in [0.29, 0.717) is 0 Å². The van der Waals surface area contributed by atoms with Crippen LogP contribution in [0.1, 0.15) is 46.0 Å². The molecule has 17 heavy (non-hydrogen) atoms. The molecular formula is C12H22N2O3. The minimum atomic E-state index is -0.763. The summed E-state index contributed by atoms with van der Waals surface area (Å²) >= 11 is 0. The summed E-state index contributed by atoms with van der Waals surface area (Å²) in [5.74, 6) is -1.27. The van der Waals surface area contributed by atoms with Crippen molar-refractivity contribution in [1.29, 1.82) is 0 Å². The highest BCUT2D eigenvalue weighted by atomic mass is 16.3. The van der Waals surface area contributed by atoms with Gasteiger partial charge in [0.15, 0.2) is 0 Å². The van der Waals surface area contributed by atoms with Gasteiger partial charge in [-0.1, -0.05) is 19.3 Å². The van der Waals surface area contributed by atoms with E-state index in [1.807, 2.05) is 0 Å². The molecule has 1 aliphatic rings. The number of carbonyl (C=O) groups is 2. The van der Waals surface area contributed by atoms with Gasteiger partial charge in [0.05, 0.1) is 12.1 Å². The van der Waals surface area contributed by atoms with Gasteiger partial charge in [-0.15, -0.1) is 0 Å². The Bertz CT molecular complexity index is 283. The Morgan fingerprint density at radius 2 is 1.76 bits per heavy atom. The molecule has 5 nitrogen and oxygen atoms in total. The Morgan fingerprint density at radius 1 is 1.18 bits per heavy atom. The molecule has 1 fully saturated rings. The lowest BCUT2D eigenvalue weighted by Gasteiger charge is -2.25. The molecule has 0 unspecified atom stereocenters. The first-order valence-corrected chi connectivity index (χ1v) is 6.18. The highest BCUT2D eigenvalue weighted by Gasteiger charge is 2.25. The SMILES string of the molecule is CC(C)(CO)NC(=O)C(=O)NC1CCCCC1. The molecule has 0 heterocycles. The normalized spacial score (nSPS) is 17.6. The molecule has 5 heteroatoms. The number of nitrogens with one attached hydrogen (secondary N) is 2. The lowest BCUT2D eigenvalue weighted by Crippen LogP contribution is -2.53. The lowest BCUT2D eigenvalue weighted by molar-refractivity contribution is -0.141. The molecule has 1 aliphatic carbocycles. The van der Waals surface area contributed by atoms with E-state index in [4.69, 9.17) is 5.11 Å². The van der Waals surface area contributed by atoms with Crippen LogP contribution < -0.4 is 10.6 Å². The van der Waals surface area contributed by atoms with Crippen LogP contribution in [0, 0.1) is 0 Å². The van der Waals surface area contributed by atoms with Gasteiger partial charge in [-0.25, -0.2) is 0 Å². The van der Waals surface area contributed by atoms with Crippen LogP contribution >= 0.6 is 0 Å². The number of carbonyl (C=O) groups excluding carboxylic acids is 2. The fraction of sp³-hybridized carbons (Fsp3) is 0.833. The number of hydrogen-bond acceptors (Lipinski definition) is 3.